The first-order valence-corrected chi connectivity index (χ1v) is 4.84. The summed E-state index contributed by atoms with van der Waals surface area (Å²) < 4.78 is 3.95. The first-order valence-electron chi connectivity index (χ1n) is 4.06. The van der Waals surface area contributed by atoms with E-state index < -0.39 is 0 Å². The molecule has 1 aromatic heterocycles. The summed E-state index contributed by atoms with van der Waals surface area (Å²) in [5.74, 6) is 0.580. The first-order chi connectivity index (χ1) is 5.25. The third-order valence-corrected chi connectivity index (χ3v) is 2.66. The van der Waals surface area contributed by atoms with Crippen molar-refractivity contribution in [3.05, 3.63) is 10.6 Å². The Morgan fingerprint density at radius 3 is 2.73 bits per heavy atom. The van der Waals surface area contributed by atoms with Crippen LogP contribution in [0, 0.1) is 0 Å². The quantitative estimate of drug-likeness (QED) is 0.697. The van der Waals surface area contributed by atoms with Gasteiger partial charge in [-0.3, -0.25) is 0 Å². The second kappa shape index (κ2) is 3.81. The molecule has 62 valence electrons. The molecule has 0 saturated heterocycles. The second-order valence-corrected chi connectivity index (χ2v) is 3.77. The van der Waals surface area contributed by atoms with E-state index in [1.165, 1.54) is 22.1 Å². The van der Waals surface area contributed by atoms with Gasteiger partial charge in [0.15, 0.2) is 0 Å². The average Bonchev–Trinajstić information content (AvgIpc) is 2.36. The SMILES string of the molecule is CCCc1nnsc1C(C)C. The van der Waals surface area contributed by atoms with Crippen molar-refractivity contribution in [1.29, 1.82) is 0 Å². The fourth-order valence-electron chi connectivity index (χ4n) is 1.06. The summed E-state index contributed by atoms with van der Waals surface area (Å²) >= 11 is 1.54. The molecule has 0 N–H and O–H groups in total. The Balaban J connectivity index is 2.78. The van der Waals surface area contributed by atoms with E-state index in [1.807, 2.05) is 0 Å². The Kier molecular flexibility index (Phi) is 3.00. The third kappa shape index (κ3) is 1.99. The van der Waals surface area contributed by atoms with Crippen LogP contribution in [-0.2, 0) is 6.42 Å². The molecule has 0 aliphatic rings. The van der Waals surface area contributed by atoms with Gasteiger partial charge in [0.05, 0.1) is 10.6 Å². The normalized spacial score (nSPS) is 10.9. The van der Waals surface area contributed by atoms with Crippen molar-refractivity contribution in [1.82, 2.24) is 9.59 Å². The van der Waals surface area contributed by atoms with E-state index in [9.17, 15) is 0 Å². The standard InChI is InChI=1S/C8H14N2S/c1-4-5-7-8(6(2)3)11-10-9-7/h6H,4-5H2,1-3H3. The highest BCUT2D eigenvalue weighted by molar-refractivity contribution is 7.05. The minimum atomic E-state index is 0.580. The lowest BCUT2D eigenvalue weighted by Gasteiger charge is -2.01. The first kappa shape index (κ1) is 8.65. The lowest BCUT2D eigenvalue weighted by Crippen LogP contribution is -1.91. The van der Waals surface area contributed by atoms with E-state index in [1.54, 1.807) is 0 Å². The molecule has 0 spiro atoms. The van der Waals surface area contributed by atoms with E-state index in [-0.39, 0.29) is 0 Å². The molecule has 0 radical (unpaired) electrons. The van der Waals surface area contributed by atoms with Gasteiger partial charge in [-0.25, -0.2) is 0 Å². The zero-order valence-electron chi connectivity index (χ0n) is 7.29. The largest absolute Gasteiger partial charge is 0.143 e. The Labute approximate surface area is 71.8 Å². The van der Waals surface area contributed by atoms with Crippen LogP contribution >= 0.6 is 11.5 Å². The summed E-state index contributed by atoms with van der Waals surface area (Å²) in [7, 11) is 0. The van der Waals surface area contributed by atoms with Crippen molar-refractivity contribution in [2.24, 2.45) is 0 Å². The lowest BCUT2D eigenvalue weighted by molar-refractivity contribution is 0.811. The molecule has 0 aliphatic heterocycles. The van der Waals surface area contributed by atoms with Gasteiger partial charge in [-0.2, -0.15) is 0 Å². The Morgan fingerprint density at radius 2 is 2.18 bits per heavy atom. The highest BCUT2D eigenvalue weighted by atomic mass is 32.1. The van der Waals surface area contributed by atoms with Crippen LogP contribution in [0.25, 0.3) is 0 Å². The summed E-state index contributed by atoms with van der Waals surface area (Å²) in [4.78, 5) is 1.35. The van der Waals surface area contributed by atoms with Crippen molar-refractivity contribution < 1.29 is 0 Å². The smallest absolute Gasteiger partial charge is 0.0790 e. The minimum Gasteiger partial charge on any atom is -0.143 e. The molecule has 1 rings (SSSR count). The van der Waals surface area contributed by atoms with Crippen molar-refractivity contribution in [2.45, 2.75) is 39.5 Å². The molecule has 11 heavy (non-hydrogen) atoms. The summed E-state index contributed by atoms with van der Waals surface area (Å²) in [5.41, 5.74) is 1.20. The Bertz CT molecular complexity index is 218. The second-order valence-electron chi connectivity index (χ2n) is 2.99. The Morgan fingerprint density at radius 1 is 1.45 bits per heavy atom. The van der Waals surface area contributed by atoms with Crippen molar-refractivity contribution in [2.75, 3.05) is 0 Å². The van der Waals surface area contributed by atoms with Gasteiger partial charge in [-0.15, -0.1) is 5.10 Å². The van der Waals surface area contributed by atoms with E-state index in [0.29, 0.717) is 5.92 Å². The third-order valence-electron chi connectivity index (χ3n) is 1.60. The number of nitrogens with zero attached hydrogens (tertiary/aromatic N) is 2. The summed E-state index contributed by atoms with van der Waals surface area (Å²) in [6.07, 6.45) is 2.23. The van der Waals surface area contributed by atoms with Crippen molar-refractivity contribution >= 4 is 11.5 Å². The van der Waals surface area contributed by atoms with E-state index in [0.717, 1.165) is 12.8 Å². The van der Waals surface area contributed by atoms with Gasteiger partial charge >= 0.3 is 0 Å². The van der Waals surface area contributed by atoms with Crippen LogP contribution in [0.4, 0.5) is 0 Å². The molecule has 0 fully saturated rings. The number of rotatable bonds is 3. The van der Waals surface area contributed by atoms with E-state index in [2.05, 4.69) is 30.4 Å². The van der Waals surface area contributed by atoms with Gasteiger partial charge in [0.25, 0.3) is 0 Å². The zero-order chi connectivity index (χ0) is 8.27. The van der Waals surface area contributed by atoms with Gasteiger partial charge in [-0.1, -0.05) is 31.7 Å². The molecular formula is C8H14N2S. The molecule has 0 saturated carbocycles. The molecule has 2 nitrogen and oxygen atoms in total. The van der Waals surface area contributed by atoms with Crippen molar-refractivity contribution in [3.63, 3.8) is 0 Å². The molecule has 0 unspecified atom stereocenters. The number of aryl methyl sites for hydroxylation is 1. The molecule has 0 bridgehead atoms. The fourth-order valence-corrected chi connectivity index (χ4v) is 1.75. The molecule has 0 aromatic carbocycles. The monoisotopic (exact) mass is 170 g/mol. The minimum absolute atomic E-state index is 0.580. The zero-order valence-corrected chi connectivity index (χ0v) is 8.11. The van der Waals surface area contributed by atoms with Crippen molar-refractivity contribution in [3.8, 4) is 0 Å². The van der Waals surface area contributed by atoms with Gasteiger partial charge < -0.3 is 0 Å². The predicted octanol–water partition coefficient (Wildman–Crippen LogP) is 2.61. The summed E-state index contributed by atoms with van der Waals surface area (Å²) in [5, 5.41) is 4.10. The maximum atomic E-state index is 4.10. The number of hydrogen-bond acceptors (Lipinski definition) is 3. The van der Waals surface area contributed by atoms with Crippen LogP contribution in [0.5, 0.6) is 0 Å². The Hall–Kier alpha value is -0.440. The lowest BCUT2D eigenvalue weighted by atomic mass is 10.1. The van der Waals surface area contributed by atoms with Crippen LogP contribution in [0.1, 0.15) is 43.7 Å². The fraction of sp³-hybridized carbons (Fsp3) is 0.750. The average molecular weight is 170 g/mol. The topological polar surface area (TPSA) is 25.8 Å². The van der Waals surface area contributed by atoms with Gasteiger partial charge in [-0.05, 0) is 23.9 Å². The molecule has 0 atom stereocenters. The van der Waals surface area contributed by atoms with E-state index in [4.69, 9.17) is 0 Å². The van der Waals surface area contributed by atoms with Gasteiger partial charge in [0, 0.05) is 0 Å². The highest BCUT2D eigenvalue weighted by Gasteiger charge is 2.09. The maximum Gasteiger partial charge on any atom is 0.0790 e. The van der Waals surface area contributed by atoms with Gasteiger partial charge in [0.2, 0.25) is 0 Å². The number of hydrogen-bond donors (Lipinski definition) is 0. The van der Waals surface area contributed by atoms with Gasteiger partial charge in [0.1, 0.15) is 0 Å². The molecule has 1 aromatic rings. The highest BCUT2D eigenvalue weighted by Crippen LogP contribution is 2.21. The summed E-state index contributed by atoms with van der Waals surface area (Å²) in [6.45, 7) is 6.55. The van der Waals surface area contributed by atoms with Crippen LogP contribution in [-0.4, -0.2) is 9.59 Å². The van der Waals surface area contributed by atoms with Crippen LogP contribution in [0.3, 0.4) is 0 Å². The molecule has 1 heterocycles. The molecular weight excluding hydrogens is 156 g/mol. The van der Waals surface area contributed by atoms with Crippen LogP contribution in [0.15, 0.2) is 0 Å². The predicted molar refractivity (Wildman–Crippen MR) is 48.0 cm³/mol. The number of aromatic nitrogens is 2. The summed E-state index contributed by atoms with van der Waals surface area (Å²) in [6, 6.07) is 0. The maximum absolute atomic E-state index is 4.10. The van der Waals surface area contributed by atoms with E-state index >= 15 is 0 Å². The van der Waals surface area contributed by atoms with Crippen LogP contribution in [0.2, 0.25) is 0 Å². The molecule has 3 heteroatoms. The molecule has 0 aliphatic carbocycles. The van der Waals surface area contributed by atoms with Crippen LogP contribution < -0.4 is 0 Å². The molecule has 0 amide bonds.